The molecule has 0 aliphatic carbocycles. The Bertz CT molecular complexity index is 1140. The minimum absolute atomic E-state index is 0.131. The summed E-state index contributed by atoms with van der Waals surface area (Å²) >= 11 is 0. The Morgan fingerprint density at radius 3 is 2.43 bits per heavy atom. The lowest BCUT2D eigenvalue weighted by Gasteiger charge is -2.17. The number of anilines is 2. The van der Waals surface area contributed by atoms with Gasteiger partial charge in [-0.2, -0.15) is 0 Å². The molecule has 148 valence electrons. The molecule has 1 saturated heterocycles. The number of nitrogen functional groups attached to an aromatic ring is 1. The van der Waals surface area contributed by atoms with Crippen LogP contribution in [0, 0.1) is 0 Å². The molecule has 1 aromatic heterocycles. The molecule has 0 atom stereocenters. The highest BCUT2D eigenvalue weighted by atomic mass is 32.2. The lowest BCUT2D eigenvalue weighted by molar-refractivity contribution is -0.274. The molecular weight excluding hydrogens is 395 g/mol. The zero-order chi connectivity index (χ0) is 20.1. The van der Waals surface area contributed by atoms with E-state index in [9.17, 15) is 21.6 Å². The Kier molecular flexibility index (Phi) is 4.18. The van der Waals surface area contributed by atoms with Crippen LogP contribution in [0.1, 0.15) is 6.42 Å². The van der Waals surface area contributed by atoms with Gasteiger partial charge < -0.3 is 15.5 Å². The summed E-state index contributed by atoms with van der Waals surface area (Å²) in [7, 11) is -3.27. The van der Waals surface area contributed by atoms with E-state index >= 15 is 0 Å². The number of rotatable bonds is 3. The first-order valence-corrected chi connectivity index (χ1v) is 10.0. The van der Waals surface area contributed by atoms with Gasteiger partial charge in [-0.15, -0.1) is 13.2 Å². The molecule has 4 rings (SSSR count). The molecule has 1 fully saturated rings. The smallest absolute Gasteiger partial charge is 0.406 e. The number of ether oxygens (including phenoxy) is 1. The molecule has 6 nitrogen and oxygen atoms in total. The third-order valence-corrected chi connectivity index (χ3v) is 6.46. The van der Waals surface area contributed by atoms with Crippen LogP contribution in [0.25, 0.3) is 22.2 Å². The minimum Gasteiger partial charge on any atom is -0.406 e. The molecule has 2 heterocycles. The molecular formula is C18H16F3N3O3S. The summed E-state index contributed by atoms with van der Waals surface area (Å²) < 4.78 is 66.6. The van der Waals surface area contributed by atoms with Crippen LogP contribution in [0.4, 0.5) is 24.5 Å². The highest BCUT2D eigenvalue weighted by Crippen LogP contribution is 2.36. The fourth-order valence-corrected chi connectivity index (χ4v) is 4.91. The zero-order valence-corrected chi connectivity index (χ0v) is 15.3. The van der Waals surface area contributed by atoms with Gasteiger partial charge in [-0.3, -0.25) is 4.31 Å². The predicted molar refractivity (Wildman–Crippen MR) is 101 cm³/mol. The Labute approximate surface area is 158 Å². The number of nitrogens with two attached hydrogens (primary N) is 1. The number of nitrogens with zero attached hydrogens (tertiary/aromatic N) is 1. The minimum atomic E-state index is -4.78. The van der Waals surface area contributed by atoms with Gasteiger partial charge >= 0.3 is 6.36 Å². The molecule has 0 bridgehead atoms. The van der Waals surface area contributed by atoms with E-state index in [1.807, 2.05) is 0 Å². The van der Waals surface area contributed by atoms with Gasteiger partial charge in [0, 0.05) is 23.6 Å². The van der Waals surface area contributed by atoms with Gasteiger partial charge in [0.1, 0.15) is 5.75 Å². The van der Waals surface area contributed by atoms with E-state index in [-0.39, 0.29) is 11.5 Å². The van der Waals surface area contributed by atoms with Crippen molar-refractivity contribution in [1.82, 2.24) is 4.98 Å². The van der Waals surface area contributed by atoms with E-state index in [1.165, 1.54) is 22.5 Å². The average Bonchev–Trinajstić information content (AvgIpc) is 3.13. The van der Waals surface area contributed by atoms with Crippen molar-refractivity contribution in [2.45, 2.75) is 12.8 Å². The topological polar surface area (TPSA) is 88.4 Å². The number of fused-ring (bicyclic) bond motifs is 1. The fourth-order valence-electron chi connectivity index (χ4n) is 3.35. The second-order valence-corrected chi connectivity index (χ2v) is 8.47. The molecule has 0 amide bonds. The van der Waals surface area contributed by atoms with Crippen LogP contribution in [-0.4, -0.2) is 32.1 Å². The Morgan fingerprint density at radius 2 is 1.82 bits per heavy atom. The zero-order valence-electron chi connectivity index (χ0n) is 14.5. The first-order chi connectivity index (χ1) is 13.1. The maximum absolute atomic E-state index is 12.4. The van der Waals surface area contributed by atoms with E-state index in [2.05, 4.69) is 9.72 Å². The summed E-state index contributed by atoms with van der Waals surface area (Å²) in [6.07, 6.45) is -4.19. The van der Waals surface area contributed by atoms with Gasteiger partial charge in [0.15, 0.2) is 0 Å². The lowest BCUT2D eigenvalue weighted by Crippen LogP contribution is -2.24. The number of hydrogen-bond donors (Lipinski definition) is 2. The molecule has 28 heavy (non-hydrogen) atoms. The number of benzene rings is 2. The molecule has 0 spiro atoms. The number of aromatic amines is 1. The fraction of sp³-hybridized carbons (Fsp3) is 0.222. The normalized spacial score (nSPS) is 16.6. The van der Waals surface area contributed by atoms with Crippen LogP contribution in [-0.2, 0) is 10.0 Å². The molecule has 10 heteroatoms. The molecule has 2 aromatic carbocycles. The number of nitrogens with one attached hydrogen (secondary N) is 1. The van der Waals surface area contributed by atoms with Gasteiger partial charge in [0.25, 0.3) is 0 Å². The van der Waals surface area contributed by atoms with E-state index in [0.29, 0.717) is 46.5 Å². The van der Waals surface area contributed by atoms with Crippen LogP contribution >= 0.6 is 0 Å². The van der Waals surface area contributed by atoms with Gasteiger partial charge in [-0.05, 0) is 30.7 Å². The van der Waals surface area contributed by atoms with Crippen molar-refractivity contribution in [3.8, 4) is 17.0 Å². The summed E-state index contributed by atoms with van der Waals surface area (Å²) in [6.45, 7) is 0.443. The third kappa shape index (κ3) is 3.35. The molecule has 1 aliphatic rings. The van der Waals surface area contributed by atoms with Gasteiger partial charge in [0.2, 0.25) is 10.0 Å². The molecule has 1 aliphatic heterocycles. The van der Waals surface area contributed by atoms with E-state index in [1.54, 1.807) is 24.3 Å². The molecule has 0 saturated carbocycles. The second kappa shape index (κ2) is 6.33. The summed E-state index contributed by atoms with van der Waals surface area (Å²) in [4.78, 5) is 3.01. The first kappa shape index (κ1) is 18.5. The predicted octanol–water partition coefficient (Wildman–Crippen LogP) is 3.86. The molecule has 0 unspecified atom stereocenters. The van der Waals surface area contributed by atoms with Gasteiger partial charge in [0.05, 0.1) is 28.3 Å². The summed E-state index contributed by atoms with van der Waals surface area (Å²) in [5, 5.41) is 0.565. The number of sulfonamides is 1. The summed E-state index contributed by atoms with van der Waals surface area (Å²) in [5.41, 5.74) is 8.73. The van der Waals surface area contributed by atoms with Crippen LogP contribution in [0.5, 0.6) is 5.75 Å². The van der Waals surface area contributed by atoms with Crippen LogP contribution < -0.4 is 14.8 Å². The van der Waals surface area contributed by atoms with Gasteiger partial charge in [-0.25, -0.2) is 8.42 Å². The quantitative estimate of drug-likeness (QED) is 0.685. The summed E-state index contributed by atoms with van der Waals surface area (Å²) in [5.74, 6) is -0.214. The number of H-pyrrole nitrogens is 1. The number of halogens is 3. The second-order valence-electron chi connectivity index (χ2n) is 6.46. The van der Waals surface area contributed by atoms with Crippen molar-refractivity contribution in [2.75, 3.05) is 22.3 Å². The van der Waals surface area contributed by atoms with Crippen molar-refractivity contribution in [1.29, 1.82) is 0 Å². The monoisotopic (exact) mass is 411 g/mol. The van der Waals surface area contributed by atoms with Crippen molar-refractivity contribution in [3.63, 3.8) is 0 Å². The van der Waals surface area contributed by atoms with Crippen LogP contribution in [0.3, 0.4) is 0 Å². The van der Waals surface area contributed by atoms with Gasteiger partial charge in [-0.1, -0.05) is 12.1 Å². The Morgan fingerprint density at radius 1 is 1.11 bits per heavy atom. The van der Waals surface area contributed by atoms with E-state index < -0.39 is 16.4 Å². The largest absolute Gasteiger partial charge is 0.573 e. The average molecular weight is 411 g/mol. The molecule has 0 radical (unpaired) electrons. The van der Waals surface area contributed by atoms with E-state index in [4.69, 9.17) is 5.73 Å². The standard InChI is InChI=1S/C18H16F3N3O3S/c19-18(20,21)27-13-6-7-14-15(10-13)23-17(16(14)22)11-2-4-12(5-3-11)24-8-1-9-28(24,25)26/h2-7,10,23H,1,8-9,22H2. The van der Waals surface area contributed by atoms with Crippen molar-refractivity contribution in [2.24, 2.45) is 0 Å². The third-order valence-electron chi connectivity index (χ3n) is 4.59. The summed E-state index contributed by atoms with van der Waals surface area (Å²) in [6, 6.07) is 10.7. The van der Waals surface area contributed by atoms with Crippen molar-refractivity contribution in [3.05, 3.63) is 42.5 Å². The highest BCUT2D eigenvalue weighted by molar-refractivity contribution is 7.93. The van der Waals surface area contributed by atoms with Crippen LogP contribution in [0.15, 0.2) is 42.5 Å². The van der Waals surface area contributed by atoms with Crippen LogP contribution in [0.2, 0.25) is 0 Å². The van der Waals surface area contributed by atoms with E-state index in [0.717, 1.165) is 0 Å². The highest BCUT2D eigenvalue weighted by Gasteiger charge is 2.31. The maximum atomic E-state index is 12.4. The Balaban J connectivity index is 1.68. The SMILES string of the molecule is Nc1c(-c2ccc(N3CCCS3(=O)=O)cc2)[nH]c2cc(OC(F)(F)F)ccc12. The number of aromatic nitrogens is 1. The maximum Gasteiger partial charge on any atom is 0.573 e. The first-order valence-electron chi connectivity index (χ1n) is 8.42. The lowest BCUT2D eigenvalue weighted by atomic mass is 10.1. The van der Waals surface area contributed by atoms with Crippen molar-refractivity contribution < 1.29 is 26.3 Å². The number of hydrogen-bond acceptors (Lipinski definition) is 4. The Hall–Kier alpha value is -2.88. The molecule has 3 aromatic rings. The van der Waals surface area contributed by atoms with Crippen molar-refractivity contribution >= 4 is 32.3 Å². The molecule has 3 N–H and O–H groups in total. The number of alkyl halides is 3.